The fraction of sp³-hybridized carbons (Fsp3) is 0.318. The third kappa shape index (κ3) is 3.98. The van der Waals surface area contributed by atoms with Crippen LogP contribution in [0.1, 0.15) is 12.8 Å². The van der Waals surface area contributed by atoms with Crippen LogP contribution in [0.3, 0.4) is 0 Å². The standard InChI is InChI=1S/C22H22N2O6S/c25-31(26,17-8-9-18-19(13-17)29-12-11-28-18)22-21(23-14-16-7-4-10-27-16)30-20(24-22)15-5-2-1-3-6-15/h1-3,5-6,8-9,13,16,23H,4,7,10-12,14H2. The van der Waals surface area contributed by atoms with Crippen molar-refractivity contribution in [3.63, 3.8) is 0 Å². The average molecular weight is 442 g/mol. The van der Waals surface area contributed by atoms with Crippen LogP contribution < -0.4 is 14.8 Å². The van der Waals surface area contributed by atoms with E-state index in [0.29, 0.717) is 43.4 Å². The molecule has 5 rings (SSSR count). The van der Waals surface area contributed by atoms with Crippen LogP contribution in [0, 0.1) is 0 Å². The van der Waals surface area contributed by atoms with Gasteiger partial charge in [0.25, 0.3) is 0 Å². The molecule has 0 spiro atoms. The highest BCUT2D eigenvalue weighted by atomic mass is 32.2. The molecule has 2 aliphatic heterocycles. The van der Waals surface area contributed by atoms with Gasteiger partial charge in [0.2, 0.25) is 26.6 Å². The summed E-state index contributed by atoms with van der Waals surface area (Å²) in [6, 6.07) is 13.7. The van der Waals surface area contributed by atoms with Gasteiger partial charge in [0.1, 0.15) is 13.2 Å². The second kappa shape index (κ2) is 8.24. The largest absolute Gasteiger partial charge is 0.486 e. The average Bonchev–Trinajstić information content (AvgIpc) is 3.48. The van der Waals surface area contributed by atoms with Gasteiger partial charge in [-0.2, -0.15) is 4.98 Å². The SMILES string of the molecule is O=S(=O)(c1ccc2c(c1)OCCO2)c1nc(-c2ccccc2)oc1NCC1CCCO1. The number of aromatic nitrogens is 1. The lowest BCUT2D eigenvalue weighted by Gasteiger charge is -2.18. The molecule has 8 nitrogen and oxygen atoms in total. The molecule has 0 radical (unpaired) electrons. The molecule has 2 aromatic carbocycles. The molecule has 1 atom stereocenters. The van der Waals surface area contributed by atoms with E-state index in [0.717, 1.165) is 12.8 Å². The second-order valence-electron chi connectivity index (χ2n) is 7.34. The van der Waals surface area contributed by atoms with Crippen molar-refractivity contribution in [2.75, 3.05) is 31.7 Å². The van der Waals surface area contributed by atoms with Crippen molar-refractivity contribution in [1.29, 1.82) is 0 Å². The third-order valence-corrected chi connectivity index (χ3v) is 6.87. The van der Waals surface area contributed by atoms with Crippen LogP contribution in [-0.4, -0.2) is 45.9 Å². The Hall–Kier alpha value is -3.04. The molecule has 9 heteroatoms. The van der Waals surface area contributed by atoms with Crippen molar-refractivity contribution in [3.05, 3.63) is 48.5 Å². The maximum absolute atomic E-state index is 13.5. The first-order valence-electron chi connectivity index (χ1n) is 10.2. The molecular weight excluding hydrogens is 420 g/mol. The normalized spacial score (nSPS) is 18.1. The number of nitrogens with zero attached hydrogens (tertiary/aromatic N) is 1. The van der Waals surface area contributed by atoms with E-state index >= 15 is 0 Å². The second-order valence-corrected chi connectivity index (χ2v) is 9.21. The van der Waals surface area contributed by atoms with Crippen LogP contribution >= 0.6 is 0 Å². The summed E-state index contributed by atoms with van der Waals surface area (Å²) >= 11 is 0. The zero-order chi connectivity index (χ0) is 21.3. The fourth-order valence-corrected chi connectivity index (χ4v) is 4.91. The van der Waals surface area contributed by atoms with Crippen molar-refractivity contribution in [2.24, 2.45) is 0 Å². The molecular formula is C22H22N2O6S. The highest BCUT2D eigenvalue weighted by Crippen LogP contribution is 2.37. The van der Waals surface area contributed by atoms with Crippen molar-refractivity contribution in [1.82, 2.24) is 4.98 Å². The Bertz CT molecular complexity index is 1170. The molecule has 2 aliphatic rings. The molecule has 3 aromatic rings. The van der Waals surface area contributed by atoms with Crippen LogP contribution in [0.15, 0.2) is 62.9 Å². The van der Waals surface area contributed by atoms with Crippen LogP contribution in [0.2, 0.25) is 0 Å². The van der Waals surface area contributed by atoms with Gasteiger partial charge >= 0.3 is 0 Å². The molecule has 1 unspecified atom stereocenters. The number of hydrogen-bond donors (Lipinski definition) is 1. The van der Waals surface area contributed by atoms with Gasteiger partial charge in [-0.15, -0.1) is 0 Å². The van der Waals surface area contributed by atoms with Crippen LogP contribution in [0.25, 0.3) is 11.5 Å². The summed E-state index contributed by atoms with van der Waals surface area (Å²) in [6.07, 6.45) is 1.91. The van der Waals surface area contributed by atoms with Gasteiger partial charge in [0.05, 0.1) is 11.0 Å². The molecule has 0 saturated carbocycles. The van der Waals surface area contributed by atoms with Gasteiger partial charge in [-0.05, 0) is 37.1 Å². The van der Waals surface area contributed by atoms with Crippen molar-refractivity contribution < 1.29 is 27.0 Å². The van der Waals surface area contributed by atoms with E-state index in [1.54, 1.807) is 6.07 Å². The van der Waals surface area contributed by atoms with Gasteiger partial charge < -0.3 is 23.9 Å². The topological polar surface area (TPSA) is 99.9 Å². The Balaban J connectivity index is 1.53. The minimum absolute atomic E-state index is 0.00937. The zero-order valence-electron chi connectivity index (χ0n) is 16.7. The van der Waals surface area contributed by atoms with E-state index < -0.39 is 9.84 Å². The number of oxazole rings is 1. The van der Waals surface area contributed by atoms with E-state index in [4.69, 9.17) is 18.6 Å². The summed E-state index contributed by atoms with van der Waals surface area (Å²) in [5.74, 6) is 1.25. The molecule has 31 heavy (non-hydrogen) atoms. The number of hydrogen-bond acceptors (Lipinski definition) is 8. The molecule has 0 amide bonds. The lowest BCUT2D eigenvalue weighted by molar-refractivity contribution is 0.120. The number of nitrogens with one attached hydrogen (secondary N) is 1. The quantitative estimate of drug-likeness (QED) is 0.619. The molecule has 1 N–H and O–H groups in total. The number of rotatable bonds is 6. The Morgan fingerprint density at radius 1 is 1.00 bits per heavy atom. The Labute approximate surface area is 180 Å². The monoisotopic (exact) mass is 442 g/mol. The lowest BCUT2D eigenvalue weighted by Crippen LogP contribution is -2.19. The molecule has 162 valence electrons. The molecule has 1 fully saturated rings. The number of fused-ring (bicyclic) bond motifs is 1. The van der Waals surface area contributed by atoms with Crippen molar-refractivity contribution in [3.8, 4) is 23.0 Å². The van der Waals surface area contributed by atoms with Crippen LogP contribution in [0.4, 0.5) is 5.88 Å². The maximum Gasteiger partial charge on any atom is 0.233 e. The summed E-state index contributed by atoms with van der Waals surface area (Å²) in [7, 11) is -3.98. The number of anilines is 1. The Morgan fingerprint density at radius 2 is 1.81 bits per heavy atom. The first kappa shape index (κ1) is 19.9. The van der Waals surface area contributed by atoms with E-state index in [1.165, 1.54) is 12.1 Å². The zero-order valence-corrected chi connectivity index (χ0v) is 17.6. The number of benzene rings is 2. The van der Waals surface area contributed by atoms with Crippen molar-refractivity contribution >= 4 is 15.7 Å². The van der Waals surface area contributed by atoms with E-state index in [9.17, 15) is 8.42 Å². The maximum atomic E-state index is 13.5. The summed E-state index contributed by atoms with van der Waals surface area (Å²) in [4.78, 5) is 4.42. The number of sulfone groups is 1. The van der Waals surface area contributed by atoms with E-state index in [1.807, 2.05) is 30.3 Å². The van der Waals surface area contributed by atoms with Gasteiger partial charge in [0.15, 0.2) is 11.5 Å². The Morgan fingerprint density at radius 3 is 2.58 bits per heavy atom. The van der Waals surface area contributed by atoms with Gasteiger partial charge in [-0.3, -0.25) is 0 Å². The molecule has 1 aromatic heterocycles. The lowest BCUT2D eigenvalue weighted by atomic mass is 10.2. The molecule has 3 heterocycles. The number of ether oxygens (including phenoxy) is 3. The van der Waals surface area contributed by atoms with E-state index in [2.05, 4.69) is 10.3 Å². The smallest absolute Gasteiger partial charge is 0.233 e. The van der Waals surface area contributed by atoms with Gasteiger partial charge in [-0.25, -0.2) is 8.42 Å². The van der Waals surface area contributed by atoms with Crippen molar-refractivity contribution in [2.45, 2.75) is 28.9 Å². The van der Waals surface area contributed by atoms with Gasteiger partial charge in [-0.1, -0.05) is 18.2 Å². The first-order chi connectivity index (χ1) is 15.1. The predicted octanol–water partition coefficient (Wildman–Crippen LogP) is 3.54. The first-order valence-corrected chi connectivity index (χ1v) is 11.7. The minimum Gasteiger partial charge on any atom is -0.486 e. The summed E-state index contributed by atoms with van der Waals surface area (Å²) in [5.41, 5.74) is 0.686. The molecule has 0 bridgehead atoms. The van der Waals surface area contributed by atoms with E-state index in [-0.39, 0.29) is 27.8 Å². The summed E-state index contributed by atoms with van der Waals surface area (Å²) < 4.78 is 49.5. The molecule has 1 saturated heterocycles. The minimum atomic E-state index is -3.98. The van der Waals surface area contributed by atoms with Gasteiger partial charge in [0, 0.05) is 24.8 Å². The predicted molar refractivity (Wildman–Crippen MR) is 112 cm³/mol. The highest BCUT2D eigenvalue weighted by Gasteiger charge is 2.30. The van der Waals surface area contributed by atoms with Crippen LogP contribution in [-0.2, 0) is 14.6 Å². The molecule has 0 aliphatic carbocycles. The van der Waals surface area contributed by atoms with Crippen LogP contribution in [0.5, 0.6) is 11.5 Å². The summed E-state index contributed by atoms with van der Waals surface area (Å²) in [5, 5.41) is 2.93. The fourth-order valence-electron chi connectivity index (χ4n) is 3.62. The highest BCUT2D eigenvalue weighted by molar-refractivity contribution is 7.91. The Kier molecular flexibility index (Phi) is 5.29. The third-order valence-electron chi connectivity index (χ3n) is 5.21. The summed E-state index contributed by atoms with van der Waals surface area (Å²) in [6.45, 7) is 1.94.